The molecule has 0 amide bonds. The molecule has 124 valence electrons. The van der Waals surface area contributed by atoms with Gasteiger partial charge in [-0.05, 0) is 11.1 Å². The topological polar surface area (TPSA) is 34.1 Å². The molecule has 0 saturated heterocycles. The Morgan fingerprint density at radius 2 is 1.08 bits per heavy atom. The Morgan fingerprint density at radius 1 is 0.680 bits per heavy atom. The Bertz CT molecular complexity index is 813. The predicted octanol–water partition coefficient (Wildman–Crippen LogP) is 4.83. The largest absolute Gasteiger partial charge is 0.298 e. The van der Waals surface area contributed by atoms with Crippen molar-refractivity contribution in [3.63, 3.8) is 0 Å². The number of carbonyl (C=O) groups is 2. The van der Waals surface area contributed by atoms with E-state index in [1.807, 2.05) is 78.9 Å². The molecule has 2 nitrogen and oxygen atoms in total. The van der Waals surface area contributed by atoms with Gasteiger partial charge in [0.05, 0.1) is 0 Å². The van der Waals surface area contributed by atoms with Crippen LogP contribution in [-0.4, -0.2) is 11.6 Å². The van der Waals surface area contributed by atoms with Crippen molar-refractivity contribution >= 4 is 11.6 Å². The van der Waals surface area contributed by atoms with E-state index in [9.17, 15) is 9.59 Å². The third-order valence-electron chi connectivity index (χ3n) is 4.53. The molecule has 0 atom stereocenters. The molecule has 0 N–H and O–H groups in total. The van der Waals surface area contributed by atoms with E-state index in [0.29, 0.717) is 16.7 Å². The van der Waals surface area contributed by atoms with Crippen molar-refractivity contribution in [1.82, 2.24) is 0 Å². The fourth-order valence-corrected chi connectivity index (χ4v) is 3.32. The third-order valence-corrected chi connectivity index (χ3v) is 4.53. The van der Waals surface area contributed by atoms with Crippen molar-refractivity contribution < 1.29 is 9.59 Å². The summed E-state index contributed by atoms with van der Waals surface area (Å²) in [5, 5.41) is 0. The van der Waals surface area contributed by atoms with Gasteiger partial charge in [0.2, 0.25) is 0 Å². The highest BCUT2D eigenvalue weighted by atomic mass is 16.2. The Kier molecular flexibility index (Phi) is 4.90. The number of ketones is 2. The number of hydrogen-bond acceptors (Lipinski definition) is 2. The van der Waals surface area contributed by atoms with E-state index in [4.69, 9.17) is 0 Å². The molecule has 0 fully saturated rings. The van der Waals surface area contributed by atoms with Gasteiger partial charge in [-0.2, -0.15) is 0 Å². The first kappa shape index (κ1) is 16.8. The minimum absolute atomic E-state index is 0.0984. The summed E-state index contributed by atoms with van der Waals surface area (Å²) in [6.45, 7) is 1.81. The summed E-state index contributed by atoms with van der Waals surface area (Å²) in [5.74, 6) is -0.281. The number of Topliss-reactive ketones (excluding diaryl/α,β-unsaturated/α-hetero) is 2. The normalized spacial score (nSPS) is 11.1. The monoisotopic (exact) mass is 328 g/mol. The van der Waals surface area contributed by atoms with Crippen molar-refractivity contribution in [3.8, 4) is 0 Å². The second kappa shape index (κ2) is 7.27. The maximum atomic E-state index is 13.6. The lowest BCUT2D eigenvalue weighted by Gasteiger charge is -2.32. The highest BCUT2D eigenvalue weighted by molar-refractivity contribution is 6.22. The Hall–Kier alpha value is -3.00. The van der Waals surface area contributed by atoms with E-state index in [1.54, 1.807) is 19.1 Å². The first-order valence-corrected chi connectivity index (χ1v) is 8.45. The lowest BCUT2D eigenvalue weighted by molar-refractivity contribution is -0.121. The molecule has 0 aromatic heterocycles. The van der Waals surface area contributed by atoms with Crippen LogP contribution in [0, 0.1) is 0 Å². The molecule has 0 aliphatic carbocycles. The fourth-order valence-electron chi connectivity index (χ4n) is 3.32. The Labute approximate surface area is 148 Å². The zero-order chi connectivity index (χ0) is 17.7. The average Bonchev–Trinajstić information content (AvgIpc) is 2.70. The van der Waals surface area contributed by atoms with E-state index in [0.717, 1.165) is 0 Å². The molecule has 3 rings (SSSR count). The van der Waals surface area contributed by atoms with Crippen LogP contribution in [0.1, 0.15) is 34.8 Å². The standard InChI is InChI=1S/C23H20O2/c1-2-21(24)23(19-14-8-4-9-15-19,20-16-10-5-11-17-20)22(25)18-12-6-3-7-13-18/h3-17H,2H2,1H3. The predicted molar refractivity (Wildman–Crippen MR) is 99.7 cm³/mol. The highest BCUT2D eigenvalue weighted by Gasteiger charge is 2.47. The van der Waals surface area contributed by atoms with Gasteiger partial charge in [-0.15, -0.1) is 0 Å². The van der Waals surface area contributed by atoms with Crippen LogP contribution in [0.2, 0.25) is 0 Å². The molecule has 0 heterocycles. The number of benzene rings is 3. The van der Waals surface area contributed by atoms with Crippen molar-refractivity contribution in [2.75, 3.05) is 0 Å². The maximum absolute atomic E-state index is 13.6. The molecular weight excluding hydrogens is 308 g/mol. The van der Waals surface area contributed by atoms with E-state index >= 15 is 0 Å². The summed E-state index contributed by atoms with van der Waals surface area (Å²) in [6, 6.07) is 27.8. The quantitative estimate of drug-likeness (QED) is 0.479. The van der Waals surface area contributed by atoms with E-state index in [2.05, 4.69) is 0 Å². The summed E-state index contributed by atoms with van der Waals surface area (Å²) >= 11 is 0. The fraction of sp³-hybridized carbons (Fsp3) is 0.130. The molecule has 3 aromatic rings. The lowest BCUT2D eigenvalue weighted by Crippen LogP contribution is -2.44. The Morgan fingerprint density at radius 3 is 1.48 bits per heavy atom. The summed E-state index contributed by atoms with van der Waals surface area (Å²) < 4.78 is 0. The van der Waals surface area contributed by atoms with Crippen molar-refractivity contribution in [1.29, 1.82) is 0 Å². The summed E-state index contributed by atoms with van der Waals surface area (Å²) in [5.41, 5.74) is 0.638. The van der Waals surface area contributed by atoms with Gasteiger partial charge in [0, 0.05) is 12.0 Å². The first-order chi connectivity index (χ1) is 12.2. The van der Waals surface area contributed by atoms with Gasteiger partial charge in [-0.1, -0.05) is 97.9 Å². The van der Waals surface area contributed by atoms with Crippen LogP contribution in [0.3, 0.4) is 0 Å². The molecule has 0 radical (unpaired) electrons. The smallest absolute Gasteiger partial charge is 0.185 e. The van der Waals surface area contributed by atoms with Gasteiger partial charge >= 0.3 is 0 Å². The zero-order valence-corrected chi connectivity index (χ0v) is 14.2. The van der Waals surface area contributed by atoms with Gasteiger partial charge in [0.15, 0.2) is 11.6 Å². The van der Waals surface area contributed by atoms with Crippen LogP contribution in [0.25, 0.3) is 0 Å². The minimum Gasteiger partial charge on any atom is -0.298 e. The number of hydrogen-bond donors (Lipinski definition) is 0. The van der Waals surface area contributed by atoms with Gasteiger partial charge in [-0.3, -0.25) is 9.59 Å². The SMILES string of the molecule is CCC(=O)C(C(=O)c1ccccc1)(c1ccccc1)c1ccccc1. The first-order valence-electron chi connectivity index (χ1n) is 8.45. The molecule has 0 aliphatic heterocycles. The van der Waals surface area contributed by atoms with E-state index in [-0.39, 0.29) is 18.0 Å². The lowest BCUT2D eigenvalue weighted by atomic mass is 9.66. The number of carbonyl (C=O) groups excluding carboxylic acids is 2. The van der Waals surface area contributed by atoms with Crippen LogP contribution >= 0.6 is 0 Å². The highest BCUT2D eigenvalue weighted by Crippen LogP contribution is 2.37. The minimum atomic E-state index is -1.32. The maximum Gasteiger partial charge on any atom is 0.185 e. The number of rotatable bonds is 6. The second-order valence-electron chi connectivity index (χ2n) is 5.95. The van der Waals surface area contributed by atoms with Crippen molar-refractivity contribution in [3.05, 3.63) is 108 Å². The molecular formula is C23H20O2. The van der Waals surface area contributed by atoms with Crippen LogP contribution in [0.15, 0.2) is 91.0 Å². The molecule has 25 heavy (non-hydrogen) atoms. The van der Waals surface area contributed by atoms with Crippen LogP contribution < -0.4 is 0 Å². The van der Waals surface area contributed by atoms with E-state index < -0.39 is 5.41 Å². The zero-order valence-electron chi connectivity index (χ0n) is 14.2. The third kappa shape index (κ3) is 2.91. The van der Waals surface area contributed by atoms with Gasteiger partial charge in [-0.25, -0.2) is 0 Å². The molecule has 0 saturated carbocycles. The molecule has 0 spiro atoms. The van der Waals surface area contributed by atoms with Crippen LogP contribution in [0.5, 0.6) is 0 Å². The molecule has 0 unspecified atom stereocenters. The van der Waals surface area contributed by atoms with Crippen molar-refractivity contribution in [2.45, 2.75) is 18.8 Å². The van der Waals surface area contributed by atoms with E-state index in [1.165, 1.54) is 0 Å². The van der Waals surface area contributed by atoms with Gasteiger partial charge in [0.1, 0.15) is 5.41 Å². The Balaban J connectivity index is 2.33. The van der Waals surface area contributed by atoms with Crippen LogP contribution in [-0.2, 0) is 10.2 Å². The molecule has 2 heteroatoms. The van der Waals surface area contributed by atoms with Gasteiger partial charge in [0.25, 0.3) is 0 Å². The average molecular weight is 328 g/mol. The summed E-state index contributed by atoms with van der Waals surface area (Å²) in [6.07, 6.45) is 0.280. The summed E-state index contributed by atoms with van der Waals surface area (Å²) in [7, 11) is 0. The van der Waals surface area contributed by atoms with Gasteiger partial charge < -0.3 is 0 Å². The summed E-state index contributed by atoms with van der Waals surface area (Å²) in [4.78, 5) is 26.9. The molecule has 3 aromatic carbocycles. The van der Waals surface area contributed by atoms with Crippen molar-refractivity contribution in [2.24, 2.45) is 0 Å². The molecule has 0 bridgehead atoms. The van der Waals surface area contributed by atoms with Crippen LogP contribution in [0.4, 0.5) is 0 Å². The second-order valence-corrected chi connectivity index (χ2v) is 5.95. The molecule has 0 aliphatic rings.